The predicted molar refractivity (Wildman–Crippen MR) is 89.8 cm³/mol. The van der Waals surface area contributed by atoms with E-state index in [0.29, 0.717) is 11.3 Å². The lowest BCUT2D eigenvalue weighted by Gasteiger charge is -2.20. The van der Waals surface area contributed by atoms with Crippen LogP contribution >= 0.6 is 12.8 Å². The van der Waals surface area contributed by atoms with Gasteiger partial charge in [0.05, 0.1) is 11.7 Å². The monoisotopic (exact) mass is 315 g/mol. The SMILES string of the molecule is CC(NC(=O)N(S)c1ccc(C(N)=O)cc1)c1ccccc1. The highest BCUT2D eigenvalue weighted by Gasteiger charge is 2.15. The molecule has 22 heavy (non-hydrogen) atoms. The highest BCUT2D eigenvalue weighted by atomic mass is 32.1. The van der Waals surface area contributed by atoms with Gasteiger partial charge in [0, 0.05) is 5.56 Å². The molecule has 3 amide bonds. The van der Waals surface area contributed by atoms with Crippen molar-refractivity contribution in [3.63, 3.8) is 0 Å². The average molecular weight is 315 g/mol. The molecule has 0 heterocycles. The van der Waals surface area contributed by atoms with Crippen molar-refractivity contribution in [2.75, 3.05) is 4.31 Å². The summed E-state index contributed by atoms with van der Waals surface area (Å²) in [5.41, 5.74) is 7.11. The first-order valence-electron chi connectivity index (χ1n) is 6.73. The number of nitrogens with two attached hydrogens (primary N) is 1. The van der Waals surface area contributed by atoms with Crippen molar-refractivity contribution in [2.45, 2.75) is 13.0 Å². The van der Waals surface area contributed by atoms with Crippen LogP contribution in [-0.2, 0) is 0 Å². The second kappa shape index (κ2) is 7.00. The third-order valence-electron chi connectivity index (χ3n) is 3.23. The molecule has 5 nitrogen and oxygen atoms in total. The second-order valence-corrected chi connectivity index (χ2v) is 5.20. The first-order valence-corrected chi connectivity index (χ1v) is 7.13. The number of primary amides is 1. The molecule has 0 saturated carbocycles. The van der Waals surface area contributed by atoms with Gasteiger partial charge in [0.1, 0.15) is 0 Å². The van der Waals surface area contributed by atoms with Crippen molar-refractivity contribution in [1.29, 1.82) is 0 Å². The van der Waals surface area contributed by atoms with Crippen molar-refractivity contribution in [3.05, 3.63) is 65.7 Å². The van der Waals surface area contributed by atoms with E-state index in [1.807, 2.05) is 37.3 Å². The molecule has 0 saturated heterocycles. The molecule has 1 unspecified atom stereocenters. The lowest BCUT2D eigenvalue weighted by atomic mass is 10.1. The van der Waals surface area contributed by atoms with E-state index >= 15 is 0 Å². The van der Waals surface area contributed by atoms with Crippen molar-refractivity contribution in [2.24, 2.45) is 5.73 Å². The highest BCUT2D eigenvalue weighted by molar-refractivity contribution is 7.82. The smallest absolute Gasteiger partial charge is 0.332 e. The Morgan fingerprint density at radius 2 is 1.68 bits per heavy atom. The van der Waals surface area contributed by atoms with Gasteiger partial charge in [-0.2, -0.15) is 0 Å². The molecule has 0 aliphatic carbocycles. The van der Waals surface area contributed by atoms with E-state index in [1.165, 1.54) is 4.31 Å². The Hall–Kier alpha value is -2.47. The number of thiol groups is 1. The zero-order valence-corrected chi connectivity index (χ0v) is 13.0. The average Bonchev–Trinajstić information content (AvgIpc) is 2.55. The fourth-order valence-electron chi connectivity index (χ4n) is 1.96. The maximum atomic E-state index is 12.2. The molecule has 6 heteroatoms. The molecule has 0 radical (unpaired) electrons. The van der Waals surface area contributed by atoms with E-state index in [4.69, 9.17) is 5.73 Å². The van der Waals surface area contributed by atoms with Crippen LogP contribution in [0.1, 0.15) is 28.9 Å². The number of rotatable bonds is 4. The van der Waals surface area contributed by atoms with Crippen LogP contribution in [0.15, 0.2) is 54.6 Å². The fourth-order valence-corrected chi connectivity index (χ4v) is 2.15. The van der Waals surface area contributed by atoms with Crippen molar-refractivity contribution in [3.8, 4) is 0 Å². The van der Waals surface area contributed by atoms with Crippen LogP contribution in [0.25, 0.3) is 0 Å². The van der Waals surface area contributed by atoms with Gasteiger partial charge in [-0.1, -0.05) is 43.1 Å². The van der Waals surface area contributed by atoms with Gasteiger partial charge in [-0.05, 0) is 36.8 Å². The molecule has 2 aromatic rings. The molecule has 114 valence electrons. The largest absolute Gasteiger partial charge is 0.366 e. The summed E-state index contributed by atoms with van der Waals surface area (Å²) >= 11 is 4.19. The third-order valence-corrected chi connectivity index (χ3v) is 3.64. The number of anilines is 1. The lowest BCUT2D eigenvalue weighted by Crippen LogP contribution is -2.35. The molecule has 2 aromatic carbocycles. The Morgan fingerprint density at radius 3 is 2.23 bits per heavy atom. The molecule has 2 rings (SSSR count). The Labute approximate surface area is 134 Å². The Balaban J connectivity index is 2.04. The number of benzene rings is 2. The first-order chi connectivity index (χ1) is 10.5. The molecular weight excluding hydrogens is 298 g/mol. The molecule has 0 fully saturated rings. The van der Waals surface area contributed by atoms with E-state index in [1.54, 1.807) is 24.3 Å². The van der Waals surface area contributed by atoms with Crippen LogP contribution in [-0.4, -0.2) is 11.9 Å². The summed E-state index contributed by atoms with van der Waals surface area (Å²) in [7, 11) is 0. The summed E-state index contributed by atoms with van der Waals surface area (Å²) < 4.78 is 1.18. The van der Waals surface area contributed by atoms with E-state index in [2.05, 4.69) is 18.1 Å². The van der Waals surface area contributed by atoms with Gasteiger partial charge in [0.2, 0.25) is 5.91 Å². The van der Waals surface area contributed by atoms with Crippen LogP contribution in [0.3, 0.4) is 0 Å². The molecule has 0 aromatic heterocycles. The predicted octanol–water partition coefficient (Wildman–Crippen LogP) is 2.91. The van der Waals surface area contributed by atoms with Crippen molar-refractivity contribution >= 4 is 30.4 Å². The highest BCUT2D eigenvalue weighted by Crippen LogP contribution is 2.19. The van der Waals surface area contributed by atoms with Crippen LogP contribution in [0.5, 0.6) is 0 Å². The quantitative estimate of drug-likeness (QED) is 0.759. The van der Waals surface area contributed by atoms with Crippen LogP contribution in [0, 0.1) is 0 Å². The summed E-state index contributed by atoms with van der Waals surface area (Å²) in [4.78, 5) is 23.2. The number of carbonyl (C=O) groups is 2. The van der Waals surface area contributed by atoms with E-state index in [9.17, 15) is 9.59 Å². The maximum absolute atomic E-state index is 12.2. The Kier molecular flexibility index (Phi) is 5.06. The van der Waals surface area contributed by atoms with E-state index in [0.717, 1.165) is 5.56 Å². The van der Waals surface area contributed by atoms with Crippen LogP contribution in [0.4, 0.5) is 10.5 Å². The van der Waals surface area contributed by atoms with Gasteiger partial charge in [-0.3, -0.25) is 4.79 Å². The van der Waals surface area contributed by atoms with Gasteiger partial charge in [0.25, 0.3) is 0 Å². The van der Waals surface area contributed by atoms with Crippen molar-refractivity contribution in [1.82, 2.24) is 5.32 Å². The minimum Gasteiger partial charge on any atom is -0.366 e. The molecular formula is C16H17N3O2S. The number of urea groups is 1. The van der Waals surface area contributed by atoms with Gasteiger partial charge in [-0.15, -0.1) is 0 Å². The second-order valence-electron chi connectivity index (χ2n) is 4.80. The first kappa shape index (κ1) is 15.9. The zero-order chi connectivity index (χ0) is 16.1. The fraction of sp³-hybridized carbons (Fsp3) is 0.125. The molecule has 1 atom stereocenters. The van der Waals surface area contributed by atoms with Crippen molar-refractivity contribution < 1.29 is 9.59 Å². The van der Waals surface area contributed by atoms with E-state index < -0.39 is 5.91 Å². The number of nitrogens with zero attached hydrogens (tertiary/aromatic N) is 1. The Bertz CT molecular complexity index is 659. The van der Waals surface area contributed by atoms with E-state index in [-0.39, 0.29) is 12.1 Å². The molecule has 0 aliphatic heterocycles. The number of amides is 3. The summed E-state index contributed by atoms with van der Waals surface area (Å²) in [6.07, 6.45) is 0. The molecule has 3 N–H and O–H groups in total. The molecule has 0 bridgehead atoms. The summed E-state index contributed by atoms with van der Waals surface area (Å²) in [5, 5.41) is 2.85. The zero-order valence-electron chi connectivity index (χ0n) is 12.1. The van der Waals surface area contributed by atoms with Gasteiger partial charge in [0.15, 0.2) is 0 Å². The normalized spacial score (nSPS) is 11.5. The van der Waals surface area contributed by atoms with Crippen LogP contribution < -0.4 is 15.4 Å². The van der Waals surface area contributed by atoms with Gasteiger partial charge < -0.3 is 11.1 Å². The van der Waals surface area contributed by atoms with Gasteiger partial charge >= 0.3 is 6.03 Å². The number of nitrogens with one attached hydrogen (secondary N) is 1. The molecule has 0 spiro atoms. The van der Waals surface area contributed by atoms with Gasteiger partial charge in [-0.25, -0.2) is 9.10 Å². The summed E-state index contributed by atoms with van der Waals surface area (Å²) in [5.74, 6) is -0.514. The molecule has 0 aliphatic rings. The van der Waals surface area contributed by atoms with Crippen LogP contribution in [0.2, 0.25) is 0 Å². The lowest BCUT2D eigenvalue weighted by molar-refractivity contribution is 0.100. The minimum absolute atomic E-state index is 0.145. The minimum atomic E-state index is -0.514. The summed E-state index contributed by atoms with van der Waals surface area (Å²) in [6, 6.07) is 15.5. The maximum Gasteiger partial charge on any atom is 0.332 e. The number of hydrogen-bond acceptors (Lipinski definition) is 3. The topological polar surface area (TPSA) is 75.4 Å². The Morgan fingerprint density at radius 1 is 1.09 bits per heavy atom. The summed E-state index contributed by atoms with van der Waals surface area (Å²) in [6.45, 7) is 1.89. The third kappa shape index (κ3) is 3.79. The number of carbonyl (C=O) groups excluding carboxylic acids is 2. The standard InChI is InChI=1S/C16H17N3O2S/c1-11(12-5-3-2-4-6-12)18-16(21)19(22)14-9-7-13(8-10-14)15(17)20/h2-11,22H,1H3,(H2,17,20)(H,18,21). The number of hydrogen-bond donors (Lipinski definition) is 3.